The second-order valence-electron chi connectivity index (χ2n) is 2.26. The van der Waals surface area contributed by atoms with Crippen LogP contribution < -0.4 is 5.73 Å². The Balaban J connectivity index is 2.81. The molecule has 2 aromatic heterocycles. The maximum Gasteiger partial charge on any atom is 0.145 e. The maximum absolute atomic E-state index is 5.66. The molecule has 0 spiro atoms. The minimum Gasteiger partial charge on any atom is -0.382 e. The molecule has 3 nitrogen and oxygen atoms in total. The van der Waals surface area contributed by atoms with Gasteiger partial charge in [0.15, 0.2) is 0 Å². The SMILES string of the molecule is CSc1nccc2c(N)nsc12. The lowest BCUT2D eigenvalue weighted by Crippen LogP contribution is -1.84. The number of anilines is 1. The molecule has 62 valence electrons. The molecule has 2 N–H and O–H groups in total. The summed E-state index contributed by atoms with van der Waals surface area (Å²) in [6.45, 7) is 0. The molecular weight excluding hydrogens is 190 g/mol. The smallest absolute Gasteiger partial charge is 0.145 e. The van der Waals surface area contributed by atoms with E-state index in [1.54, 1.807) is 18.0 Å². The van der Waals surface area contributed by atoms with Gasteiger partial charge in [0.1, 0.15) is 10.8 Å². The van der Waals surface area contributed by atoms with Crippen LogP contribution in [-0.2, 0) is 0 Å². The predicted molar refractivity (Wildman–Crippen MR) is 53.6 cm³/mol. The van der Waals surface area contributed by atoms with Crippen LogP contribution in [0.1, 0.15) is 0 Å². The lowest BCUT2D eigenvalue weighted by Gasteiger charge is -1.94. The summed E-state index contributed by atoms with van der Waals surface area (Å²) >= 11 is 3.02. The predicted octanol–water partition coefficient (Wildman–Crippen LogP) is 2.00. The van der Waals surface area contributed by atoms with Crippen LogP contribution in [0.25, 0.3) is 10.1 Å². The quantitative estimate of drug-likeness (QED) is 0.710. The normalized spacial score (nSPS) is 10.8. The number of hydrogen-bond donors (Lipinski definition) is 1. The topological polar surface area (TPSA) is 51.8 Å². The van der Waals surface area contributed by atoms with E-state index in [0.29, 0.717) is 5.82 Å². The first-order valence-corrected chi connectivity index (χ1v) is 5.36. The molecule has 2 rings (SSSR count). The Morgan fingerprint density at radius 1 is 1.58 bits per heavy atom. The van der Waals surface area contributed by atoms with Gasteiger partial charge < -0.3 is 5.73 Å². The third kappa shape index (κ3) is 1.05. The minimum atomic E-state index is 0.604. The van der Waals surface area contributed by atoms with Gasteiger partial charge in [-0.3, -0.25) is 0 Å². The number of pyridine rings is 1. The summed E-state index contributed by atoms with van der Waals surface area (Å²) < 4.78 is 5.16. The van der Waals surface area contributed by atoms with Gasteiger partial charge in [-0.2, -0.15) is 4.37 Å². The molecule has 0 aromatic carbocycles. The second kappa shape index (κ2) is 2.91. The summed E-state index contributed by atoms with van der Waals surface area (Å²) in [5.74, 6) is 0.604. The van der Waals surface area contributed by atoms with E-state index >= 15 is 0 Å². The summed E-state index contributed by atoms with van der Waals surface area (Å²) in [5.41, 5.74) is 5.66. The van der Waals surface area contributed by atoms with Crippen LogP contribution in [0.2, 0.25) is 0 Å². The fourth-order valence-electron chi connectivity index (χ4n) is 1.01. The highest BCUT2D eigenvalue weighted by Gasteiger charge is 2.06. The van der Waals surface area contributed by atoms with Crippen LogP contribution >= 0.6 is 23.3 Å². The van der Waals surface area contributed by atoms with E-state index in [2.05, 4.69) is 9.36 Å². The molecule has 2 heterocycles. The molecule has 0 aliphatic carbocycles. The highest BCUT2D eigenvalue weighted by molar-refractivity contribution is 7.98. The van der Waals surface area contributed by atoms with Crippen LogP contribution in [0.3, 0.4) is 0 Å². The number of aromatic nitrogens is 2. The van der Waals surface area contributed by atoms with Crippen LogP contribution in [-0.4, -0.2) is 15.6 Å². The van der Waals surface area contributed by atoms with E-state index in [4.69, 9.17) is 5.73 Å². The van der Waals surface area contributed by atoms with E-state index < -0.39 is 0 Å². The number of thioether (sulfide) groups is 1. The number of nitrogen functional groups attached to an aromatic ring is 1. The lowest BCUT2D eigenvalue weighted by atomic mass is 10.3. The minimum absolute atomic E-state index is 0.604. The van der Waals surface area contributed by atoms with Gasteiger partial charge in [-0.1, -0.05) is 0 Å². The monoisotopic (exact) mass is 197 g/mol. The molecule has 0 aliphatic rings. The Hall–Kier alpha value is -0.810. The van der Waals surface area contributed by atoms with Crippen LogP contribution in [0.4, 0.5) is 5.82 Å². The number of hydrogen-bond acceptors (Lipinski definition) is 5. The molecular formula is C7H7N3S2. The summed E-state index contributed by atoms with van der Waals surface area (Å²) in [7, 11) is 0. The van der Waals surface area contributed by atoms with Crippen molar-refractivity contribution >= 4 is 39.2 Å². The van der Waals surface area contributed by atoms with Gasteiger partial charge in [0.2, 0.25) is 0 Å². The molecule has 0 atom stereocenters. The van der Waals surface area contributed by atoms with Crippen molar-refractivity contribution in [2.75, 3.05) is 12.0 Å². The molecule has 0 amide bonds. The first kappa shape index (κ1) is 7.82. The number of fused-ring (bicyclic) bond motifs is 1. The molecule has 0 aliphatic heterocycles. The van der Waals surface area contributed by atoms with Crippen LogP contribution in [0.15, 0.2) is 17.3 Å². The molecule has 0 bridgehead atoms. The number of nitrogens with two attached hydrogens (primary N) is 1. The van der Waals surface area contributed by atoms with Gasteiger partial charge in [-0.15, -0.1) is 11.8 Å². The van der Waals surface area contributed by atoms with Gasteiger partial charge in [0.05, 0.1) is 4.70 Å². The van der Waals surface area contributed by atoms with E-state index in [1.807, 2.05) is 12.3 Å². The zero-order chi connectivity index (χ0) is 8.55. The maximum atomic E-state index is 5.66. The van der Waals surface area contributed by atoms with Crippen molar-refractivity contribution in [3.8, 4) is 0 Å². The second-order valence-corrected chi connectivity index (χ2v) is 3.83. The summed E-state index contributed by atoms with van der Waals surface area (Å²) in [5, 5.41) is 2.01. The van der Waals surface area contributed by atoms with E-state index in [0.717, 1.165) is 15.1 Å². The Labute approximate surface area is 78.2 Å². The largest absolute Gasteiger partial charge is 0.382 e. The number of nitrogens with zero attached hydrogens (tertiary/aromatic N) is 2. The van der Waals surface area contributed by atoms with Gasteiger partial charge in [-0.05, 0) is 23.9 Å². The fraction of sp³-hybridized carbons (Fsp3) is 0.143. The third-order valence-electron chi connectivity index (χ3n) is 1.58. The standard InChI is InChI=1S/C7H7N3S2/c1-11-7-5-4(2-3-9-7)6(8)10-12-5/h2-3H,1H3,(H2,8,10). The van der Waals surface area contributed by atoms with E-state index in [-0.39, 0.29) is 0 Å². The number of rotatable bonds is 1. The molecule has 0 saturated heterocycles. The first-order valence-electron chi connectivity index (χ1n) is 3.37. The average molecular weight is 197 g/mol. The highest BCUT2D eigenvalue weighted by Crippen LogP contribution is 2.30. The zero-order valence-electron chi connectivity index (χ0n) is 6.44. The fourth-order valence-corrected chi connectivity index (χ4v) is 2.52. The van der Waals surface area contributed by atoms with Crippen molar-refractivity contribution in [2.24, 2.45) is 0 Å². The average Bonchev–Trinajstić information content (AvgIpc) is 2.48. The Morgan fingerprint density at radius 2 is 2.42 bits per heavy atom. The van der Waals surface area contributed by atoms with Crippen molar-refractivity contribution in [1.82, 2.24) is 9.36 Å². The molecule has 0 fully saturated rings. The van der Waals surface area contributed by atoms with Gasteiger partial charge >= 0.3 is 0 Å². The van der Waals surface area contributed by atoms with Gasteiger partial charge in [-0.25, -0.2) is 4.98 Å². The van der Waals surface area contributed by atoms with E-state index in [9.17, 15) is 0 Å². The van der Waals surface area contributed by atoms with Crippen molar-refractivity contribution < 1.29 is 0 Å². The summed E-state index contributed by atoms with van der Waals surface area (Å²) in [4.78, 5) is 4.22. The Bertz CT molecular complexity index is 410. The summed E-state index contributed by atoms with van der Waals surface area (Å²) in [6, 6.07) is 1.90. The van der Waals surface area contributed by atoms with Gasteiger partial charge in [0.25, 0.3) is 0 Å². The third-order valence-corrected chi connectivity index (χ3v) is 3.29. The highest BCUT2D eigenvalue weighted by atomic mass is 32.2. The summed E-state index contributed by atoms with van der Waals surface area (Å²) in [6.07, 6.45) is 3.76. The molecule has 2 aromatic rings. The first-order chi connectivity index (χ1) is 5.83. The van der Waals surface area contributed by atoms with E-state index in [1.165, 1.54) is 11.5 Å². The lowest BCUT2D eigenvalue weighted by molar-refractivity contribution is 1.19. The molecule has 12 heavy (non-hydrogen) atoms. The molecule has 5 heteroatoms. The Morgan fingerprint density at radius 3 is 3.17 bits per heavy atom. The van der Waals surface area contributed by atoms with Crippen molar-refractivity contribution in [3.05, 3.63) is 12.3 Å². The van der Waals surface area contributed by atoms with Crippen molar-refractivity contribution in [2.45, 2.75) is 5.03 Å². The van der Waals surface area contributed by atoms with Crippen molar-refractivity contribution in [1.29, 1.82) is 0 Å². The zero-order valence-corrected chi connectivity index (χ0v) is 8.08. The molecule has 0 unspecified atom stereocenters. The van der Waals surface area contributed by atoms with Gasteiger partial charge in [0, 0.05) is 11.6 Å². The van der Waals surface area contributed by atoms with Crippen molar-refractivity contribution in [3.63, 3.8) is 0 Å². The molecule has 0 radical (unpaired) electrons. The van der Waals surface area contributed by atoms with Crippen LogP contribution in [0.5, 0.6) is 0 Å². The Kier molecular flexibility index (Phi) is 1.90. The molecule has 0 saturated carbocycles. The van der Waals surface area contributed by atoms with Crippen LogP contribution in [0, 0.1) is 0 Å².